The predicted molar refractivity (Wildman–Crippen MR) is 90.9 cm³/mol. The van der Waals surface area contributed by atoms with E-state index in [0.29, 0.717) is 25.8 Å². The molecule has 6 N–H and O–H groups in total. The summed E-state index contributed by atoms with van der Waals surface area (Å²) in [5, 5.41) is 0. The average Bonchev–Trinajstić information content (AvgIpc) is 2.58. The van der Waals surface area contributed by atoms with Crippen molar-refractivity contribution in [1.82, 2.24) is 0 Å². The SMILES string of the molecule is CC(COC(=O)[C@@H](N)CCCN)OC(=O)[C@@H](N)Cc1ccccc1. The Morgan fingerprint density at radius 1 is 1.08 bits per heavy atom. The van der Waals surface area contributed by atoms with E-state index in [9.17, 15) is 9.59 Å². The molecule has 134 valence electrons. The van der Waals surface area contributed by atoms with Gasteiger partial charge in [0.05, 0.1) is 0 Å². The third-order valence-corrected chi connectivity index (χ3v) is 3.40. The lowest BCUT2D eigenvalue weighted by Crippen LogP contribution is -2.38. The van der Waals surface area contributed by atoms with Crippen molar-refractivity contribution in [1.29, 1.82) is 0 Å². The van der Waals surface area contributed by atoms with Crippen LogP contribution in [0.25, 0.3) is 0 Å². The van der Waals surface area contributed by atoms with Crippen LogP contribution in [0.2, 0.25) is 0 Å². The molecule has 0 radical (unpaired) electrons. The predicted octanol–water partition coefficient (Wildman–Crippen LogP) is 0.0975. The van der Waals surface area contributed by atoms with Gasteiger partial charge in [-0.3, -0.25) is 9.59 Å². The summed E-state index contributed by atoms with van der Waals surface area (Å²) in [6.07, 6.45) is 0.904. The van der Waals surface area contributed by atoms with Gasteiger partial charge in [0.2, 0.25) is 0 Å². The molecule has 24 heavy (non-hydrogen) atoms. The van der Waals surface area contributed by atoms with E-state index in [1.165, 1.54) is 0 Å². The summed E-state index contributed by atoms with van der Waals surface area (Å²) in [4.78, 5) is 23.6. The Kier molecular flexibility index (Phi) is 8.99. The molecule has 7 nitrogen and oxygen atoms in total. The summed E-state index contributed by atoms with van der Waals surface area (Å²) in [5.74, 6) is -1.06. The Hall–Kier alpha value is -1.96. The average molecular weight is 337 g/mol. The standard InChI is InChI=1S/C17H27N3O4/c1-12(11-23-16(21)14(19)8-5-9-18)24-17(22)15(20)10-13-6-3-2-4-7-13/h2-4,6-7,12,14-15H,5,8-11,18-20H2,1H3/t12?,14-,15-/m0/s1. The highest BCUT2D eigenvalue weighted by Gasteiger charge is 2.20. The van der Waals surface area contributed by atoms with Crippen molar-refractivity contribution in [3.8, 4) is 0 Å². The van der Waals surface area contributed by atoms with Crippen molar-refractivity contribution >= 4 is 11.9 Å². The summed E-state index contributed by atoms with van der Waals surface area (Å²) < 4.78 is 10.2. The van der Waals surface area contributed by atoms with E-state index in [4.69, 9.17) is 26.7 Å². The van der Waals surface area contributed by atoms with Gasteiger partial charge in [-0.25, -0.2) is 0 Å². The summed E-state index contributed by atoms with van der Waals surface area (Å²) >= 11 is 0. The van der Waals surface area contributed by atoms with Crippen LogP contribution in [0.5, 0.6) is 0 Å². The number of nitrogens with two attached hydrogens (primary N) is 3. The Bertz CT molecular complexity index is 510. The van der Waals surface area contributed by atoms with E-state index >= 15 is 0 Å². The van der Waals surface area contributed by atoms with Crippen molar-refractivity contribution in [2.24, 2.45) is 17.2 Å². The van der Waals surface area contributed by atoms with Gasteiger partial charge in [-0.15, -0.1) is 0 Å². The highest BCUT2D eigenvalue weighted by atomic mass is 16.6. The molecule has 0 aliphatic rings. The van der Waals surface area contributed by atoms with Gasteiger partial charge in [-0.05, 0) is 38.3 Å². The Balaban J connectivity index is 2.31. The van der Waals surface area contributed by atoms with Gasteiger partial charge >= 0.3 is 11.9 Å². The fourth-order valence-corrected chi connectivity index (χ4v) is 2.03. The molecule has 0 bridgehead atoms. The molecular formula is C17H27N3O4. The topological polar surface area (TPSA) is 131 Å². The van der Waals surface area contributed by atoms with Crippen molar-refractivity contribution in [2.45, 2.75) is 44.4 Å². The number of hydrogen-bond acceptors (Lipinski definition) is 7. The Morgan fingerprint density at radius 2 is 1.75 bits per heavy atom. The second kappa shape index (κ2) is 10.7. The summed E-state index contributed by atoms with van der Waals surface area (Å²) in [5.41, 5.74) is 17.8. The lowest BCUT2D eigenvalue weighted by Gasteiger charge is -2.18. The monoisotopic (exact) mass is 337 g/mol. The van der Waals surface area contributed by atoms with E-state index in [1.807, 2.05) is 30.3 Å². The minimum Gasteiger partial charge on any atom is -0.461 e. The zero-order valence-corrected chi connectivity index (χ0v) is 14.0. The van der Waals surface area contributed by atoms with Crippen molar-refractivity contribution in [3.63, 3.8) is 0 Å². The number of carbonyl (C=O) groups is 2. The van der Waals surface area contributed by atoms with E-state index < -0.39 is 30.1 Å². The minimum atomic E-state index is -0.766. The van der Waals surface area contributed by atoms with E-state index in [-0.39, 0.29) is 6.61 Å². The molecule has 0 saturated heterocycles. The zero-order chi connectivity index (χ0) is 17.9. The van der Waals surface area contributed by atoms with Crippen molar-refractivity contribution in [2.75, 3.05) is 13.2 Å². The lowest BCUT2D eigenvalue weighted by atomic mass is 10.1. The van der Waals surface area contributed by atoms with Gasteiger partial charge in [0.25, 0.3) is 0 Å². The quantitative estimate of drug-likeness (QED) is 0.516. The van der Waals surface area contributed by atoms with Crippen LogP contribution in [0.15, 0.2) is 30.3 Å². The van der Waals surface area contributed by atoms with Gasteiger partial charge in [0.15, 0.2) is 0 Å². The van der Waals surface area contributed by atoms with E-state index in [1.54, 1.807) is 6.92 Å². The molecule has 3 atom stereocenters. The first-order chi connectivity index (χ1) is 11.4. The summed E-state index contributed by atoms with van der Waals surface area (Å²) in [7, 11) is 0. The number of rotatable bonds is 10. The van der Waals surface area contributed by atoms with Crippen molar-refractivity contribution in [3.05, 3.63) is 35.9 Å². The Labute approximate surface area is 142 Å². The molecule has 0 fully saturated rings. The molecule has 0 saturated carbocycles. The molecule has 1 unspecified atom stereocenters. The number of esters is 2. The maximum Gasteiger partial charge on any atom is 0.323 e. The molecule has 0 aromatic heterocycles. The highest BCUT2D eigenvalue weighted by Crippen LogP contribution is 2.05. The van der Waals surface area contributed by atoms with Crippen LogP contribution in [0, 0.1) is 0 Å². The van der Waals surface area contributed by atoms with E-state index in [0.717, 1.165) is 5.56 Å². The summed E-state index contributed by atoms with van der Waals surface area (Å²) in [6.45, 7) is 2.04. The number of benzene rings is 1. The smallest absolute Gasteiger partial charge is 0.323 e. The van der Waals surface area contributed by atoms with Crippen LogP contribution in [0.3, 0.4) is 0 Å². The fraction of sp³-hybridized carbons (Fsp3) is 0.529. The van der Waals surface area contributed by atoms with Gasteiger partial charge in [0.1, 0.15) is 24.8 Å². The lowest BCUT2D eigenvalue weighted by molar-refractivity contribution is -0.159. The second-order valence-electron chi connectivity index (χ2n) is 5.71. The van der Waals surface area contributed by atoms with Crippen LogP contribution in [-0.4, -0.2) is 43.3 Å². The zero-order valence-electron chi connectivity index (χ0n) is 14.0. The third-order valence-electron chi connectivity index (χ3n) is 3.40. The Morgan fingerprint density at radius 3 is 2.38 bits per heavy atom. The molecule has 0 spiro atoms. The van der Waals surface area contributed by atoms with Crippen LogP contribution >= 0.6 is 0 Å². The number of ether oxygens (including phenoxy) is 2. The molecule has 0 amide bonds. The summed E-state index contributed by atoms with van der Waals surface area (Å²) in [6, 6.07) is 7.95. The van der Waals surface area contributed by atoms with Gasteiger partial charge < -0.3 is 26.7 Å². The first-order valence-corrected chi connectivity index (χ1v) is 8.06. The number of carbonyl (C=O) groups excluding carboxylic acids is 2. The normalized spacial score (nSPS) is 14.5. The third kappa shape index (κ3) is 7.54. The first-order valence-electron chi connectivity index (χ1n) is 8.06. The highest BCUT2D eigenvalue weighted by molar-refractivity contribution is 5.76. The van der Waals surface area contributed by atoms with Crippen LogP contribution in [0.1, 0.15) is 25.3 Å². The van der Waals surface area contributed by atoms with Gasteiger partial charge in [-0.1, -0.05) is 30.3 Å². The van der Waals surface area contributed by atoms with Crippen LogP contribution in [-0.2, 0) is 25.5 Å². The maximum atomic E-state index is 12.0. The molecule has 7 heteroatoms. The van der Waals surface area contributed by atoms with Crippen LogP contribution in [0.4, 0.5) is 0 Å². The molecule has 0 aliphatic carbocycles. The van der Waals surface area contributed by atoms with Gasteiger partial charge in [0, 0.05) is 0 Å². The molecule has 0 heterocycles. The first kappa shape index (κ1) is 20.1. The van der Waals surface area contributed by atoms with Crippen molar-refractivity contribution < 1.29 is 19.1 Å². The fourth-order valence-electron chi connectivity index (χ4n) is 2.03. The van der Waals surface area contributed by atoms with Crippen LogP contribution < -0.4 is 17.2 Å². The minimum absolute atomic E-state index is 0.0566. The molecule has 1 aromatic carbocycles. The second-order valence-corrected chi connectivity index (χ2v) is 5.71. The molecule has 0 aliphatic heterocycles. The van der Waals surface area contributed by atoms with Gasteiger partial charge in [-0.2, -0.15) is 0 Å². The molecule has 1 rings (SSSR count). The maximum absolute atomic E-state index is 12.0. The largest absolute Gasteiger partial charge is 0.461 e. The molecular weight excluding hydrogens is 310 g/mol. The molecule has 1 aromatic rings. The van der Waals surface area contributed by atoms with E-state index in [2.05, 4.69) is 0 Å². The number of hydrogen-bond donors (Lipinski definition) is 3.